The summed E-state index contributed by atoms with van der Waals surface area (Å²) in [6.45, 7) is 0. The maximum Gasteiger partial charge on any atom is 0.426 e. The molecule has 0 amide bonds. The van der Waals surface area contributed by atoms with E-state index in [9.17, 15) is 31.2 Å². The van der Waals surface area contributed by atoms with Gasteiger partial charge < -0.3 is 9.47 Å². The molecule has 2 aromatic carbocycles. The molecule has 0 aromatic heterocycles. The van der Waals surface area contributed by atoms with Gasteiger partial charge in [-0.25, -0.2) is 9.59 Å². The van der Waals surface area contributed by atoms with Crippen LogP contribution in [0.4, 0.5) is 13.2 Å². The van der Waals surface area contributed by atoms with E-state index in [1.54, 1.807) is 12.1 Å². The van der Waals surface area contributed by atoms with Gasteiger partial charge in [-0.2, -0.15) is 21.6 Å². The van der Waals surface area contributed by atoms with Crippen molar-refractivity contribution in [3.63, 3.8) is 0 Å². The van der Waals surface area contributed by atoms with Crippen LogP contribution in [0.5, 0.6) is 5.75 Å². The van der Waals surface area contributed by atoms with E-state index in [4.69, 9.17) is 44.4 Å². The van der Waals surface area contributed by atoms with E-state index in [0.29, 0.717) is 16.7 Å². The minimum atomic E-state index is -5.35. The predicted octanol–water partition coefficient (Wildman–Crippen LogP) is 2.54. The first kappa shape index (κ1) is 28.8. The lowest BCUT2D eigenvalue weighted by Crippen LogP contribution is -2.39. The van der Waals surface area contributed by atoms with Crippen molar-refractivity contribution in [3.8, 4) is 5.75 Å². The van der Waals surface area contributed by atoms with Crippen molar-refractivity contribution in [1.29, 1.82) is 0 Å². The number of hydrogen-bond acceptors (Lipinski definition) is 6. The maximum absolute atomic E-state index is 13.2. The van der Waals surface area contributed by atoms with E-state index in [-0.39, 0.29) is 29.7 Å². The van der Waals surface area contributed by atoms with Gasteiger partial charge in [0.1, 0.15) is 11.5 Å². The molecule has 0 fully saturated rings. The van der Waals surface area contributed by atoms with Gasteiger partial charge in [0, 0.05) is 5.02 Å². The minimum Gasteiger partial charge on any atom is -0.448 e. The highest BCUT2D eigenvalue weighted by molar-refractivity contribution is 7.85. The Hall–Kier alpha value is -2.44. The second-order valence-electron chi connectivity index (χ2n) is 7.12. The summed E-state index contributed by atoms with van der Waals surface area (Å²) in [6, 6.07) is 6.15. The van der Waals surface area contributed by atoms with Crippen LogP contribution in [0.3, 0.4) is 0 Å². The Morgan fingerprint density at radius 1 is 0.971 bits per heavy atom. The first-order valence-corrected chi connectivity index (χ1v) is 11.7. The van der Waals surface area contributed by atoms with Crippen LogP contribution in [0, 0.1) is 0 Å². The lowest BCUT2D eigenvalue weighted by atomic mass is 9.85. The van der Waals surface area contributed by atoms with Gasteiger partial charge in [-0.3, -0.25) is 4.55 Å². The van der Waals surface area contributed by atoms with E-state index in [1.165, 1.54) is 6.07 Å². The Kier molecular flexibility index (Phi) is 9.49. The largest absolute Gasteiger partial charge is 0.448 e. The molecule has 0 heterocycles. The highest BCUT2D eigenvalue weighted by Gasteiger charge is 2.46. The second kappa shape index (κ2) is 11.5. The zero-order chi connectivity index (χ0) is 26.6. The Labute approximate surface area is 208 Å². The van der Waals surface area contributed by atoms with Crippen molar-refractivity contribution >= 4 is 57.2 Å². The van der Waals surface area contributed by atoms with Gasteiger partial charge in [0.25, 0.3) is 10.1 Å². The quantitative estimate of drug-likeness (QED) is 0.233. The summed E-state index contributed by atoms with van der Waals surface area (Å²) in [5.74, 6) is -4.89. The molecule has 7 nitrogen and oxygen atoms in total. The van der Waals surface area contributed by atoms with Crippen molar-refractivity contribution in [2.24, 2.45) is 0 Å². The molecule has 1 N–H and O–H groups in total. The summed E-state index contributed by atoms with van der Waals surface area (Å²) in [7, 11) is 11.9. The number of hydrogen-bond donors (Lipinski definition) is 1. The highest BCUT2D eigenvalue weighted by atomic mass is 35.5. The van der Waals surface area contributed by atoms with Crippen LogP contribution >= 0.6 is 11.6 Å². The molecule has 0 spiro atoms. The third kappa shape index (κ3) is 7.78. The molecule has 0 aliphatic heterocycles. The fourth-order valence-corrected chi connectivity index (χ4v) is 3.78. The van der Waals surface area contributed by atoms with Crippen LogP contribution in [-0.4, -0.2) is 66.5 Å². The fourth-order valence-electron chi connectivity index (χ4n) is 2.97. The van der Waals surface area contributed by atoms with Gasteiger partial charge in [-0.15, -0.1) is 0 Å². The number of alkyl halides is 3. The Morgan fingerprint density at radius 2 is 1.54 bits per heavy atom. The van der Waals surface area contributed by atoms with Crippen molar-refractivity contribution in [1.82, 2.24) is 0 Å². The molecule has 1 unspecified atom stereocenters. The first-order valence-electron chi connectivity index (χ1n) is 9.69. The van der Waals surface area contributed by atoms with Gasteiger partial charge >= 0.3 is 18.1 Å². The Morgan fingerprint density at radius 3 is 2.00 bits per heavy atom. The Bertz CT molecular complexity index is 1200. The van der Waals surface area contributed by atoms with E-state index in [2.05, 4.69) is 4.74 Å². The third-order valence-electron chi connectivity index (χ3n) is 4.57. The molecule has 0 aliphatic rings. The lowest BCUT2D eigenvalue weighted by molar-refractivity contribution is -0.197. The molecule has 0 bridgehead atoms. The number of benzene rings is 2. The molecule has 180 valence electrons. The fraction of sp³-hybridized carbons (Fsp3) is 0.300. The van der Waals surface area contributed by atoms with Crippen LogP contribution in [-0.2, 0) is 33.8 Å². The smallest absolute Gasteiger partial charge is 0.426 e. The number of carbonyl (C=O) groups excluding carboxylic acids is 2. The molecule has 0 saturated carbocycles. The molecule has 1 atom stereocenters. The van der Waals surface area contributed by atoms with Crippen molar-refractivity contribution in [3.05, 3.63) is 63.2 Å². The van der Waals surface area contributed by atoms with Crippen LogP contribution in [0.15, 0.2) is 30.3 Å². The van der Waals surface area contributed by atoms with E-state index >= 15 is 0 Å². The average Bonchev–Trinajstić information content (AvgIpc) is 2.76. The lowest BCUT2D eigenvalue weighted by Gasteiger charge is -2.20. The molecular formula is C20H15B3ClF3O7S. The summed E-state index contributed by atoms with van der Waals surface area (Å²) in [6.07, 6.45) is -8.58. The topological polar surface area (TPSA) is 107 Å². The first-order chi connectivity index (χ1) is 16.2. The summed E-state index contributed by atoms with van der Waals surface area (Å²) >= 11 is 5.82. The zero-order valence-electron chi connectivity index (χ0n) is 17.8. The third-order valence-corrected chi connectivity index (χ3v) is 5.53. The van der Waals surface area contributed by atoms with Crippen LogP contribution in [0.2, 0.25) is 5.02 Å². The summed E-state index contributed by atoms with van der Waals surface area (Å²) < 4.78 is 79.9. The van der Waals surface area contributed by atoms with Crippen molar-refractivity contribution in [2.75, 3.05) is 5.75 Å². The normalized spacial score (nSPS) is 12.7. The van der Waals surface area contributed by atoms with Gasteiger partial charge in [0.15, 0.2) is 0 Å². The molecule has 2 aromatic rings. The van der Waals surface area contributed by atoms with E-state index in [1.807, 2.05) is 0 Å². The van der Waals surface area contributed by atoms with Crippen LogP contribution in [0.1, 0.15) is 37.4 Å². The number of ether oxygens (including phenoxy) is 2. The number of esters is 2. The second-order valence-corrected chi connectivity index (χ2v) is 9.05. The molecule has 15 heteroatoms. The minimum absolute atomic E-state index is 0.0222. The number of rotatable bonds is 9. The molecule has 2 rings (SSSR count). The highest BCUT2D eigenvalue weighted by Crippen LogP contribution is 2.30. The number of halogens is 4. The summed E-state index contributed by atoms with van der Waals surface area (Å²) in [5.41, 5.74) is 0.0732. The SMILES string of the molecule is [B]Cc1cc(C[B])c(OC(=O)c2ccc(Cl)cc2C(=O)OC(CS(=O)(=O)O)C(F)(F)F)c(C[B])c1. The zero-order valence-corrected chi connectivity index (χ0v) is 19.4. The standard InChI is InChI=1S/C20H15B3ClF3O7S/c21-6-10-3-11(7-22)17(12(4-10)8-23)34-18(28)14-2-1-13(24)5-15(14)19(29)33-16(20(25,26)27)9-35(30,31)32/h1-5,16H,6-9H2,(H,30,31,32). The van der Waals surface area contributed by atoms with Crippen molar-refractivity contribution in [2.45, 2.75) is 31.2 Å². The molecule has 6 radical (unpaired) electrons. The van der Waals surface area contributed by atoms with Gasteiger partial charge in [-0.1, -0.05) is 48.3 Å². The molecular weight excluding hydrogens is 509 g/mol. The van der Waals surface area contributed by atoms with Crippen molar-refractivity contribution < 1.29 is 45.2 Å². The molecule has 0 saturated heterocycles. The Balaban J connectivity index is 2.46. The van der Waals surface area contributed by atoms with Gasteiger partial charge in [0.05, 0.1) is 34.7 Å². The summed E-state index contributed by atoms with van der Waals surface area (Å²) in [4.78, 5) is 25.4. The van der Waals surface area contributed by atoms with E-state index < -0.39 is 51.2 Å². The predicted molar refractivity (Wildman–Crippen MR) is 123 cm³/mol. The van der Waals surface area contributed by atoms with Crippen LogP contribution < -0.4 is 4.74 Å². The number of carbonyl (C=O) groups is 2. The van der Waals surface area contributed by atoms with Crippen LogP contribution in [0.25, 0.3) is 0 Å². The van der Waals surface area contributed by atoms with E-state index in [0.717, 1.165) is 12.1 Å². The van der Waals surface area contributed by atoms with Gasteiger partial charge in [0.2, 0.25) is 6.10 Å². The average molecular weight is 524 g/mol. The molecule has 0 aliphatic carbocycles. The molecule has 35 heavy (non-hydrogen) atoms. The maximum atomic E-state index is 13.2. The summed E-state index contributed by atoms with van der Waals surface area (Å²) in [5, 5.41) is -0.149. The van der Waals surface area contributed by atoms with Gasteiger partial charge in [-0.05, 0) is 29.3 Å². The monoisotopic (exact) mass is 524 g/mol.